The third kappa shape index (κ3) is 3.02. The first-order valence-electron chi connectivity index (χ1n) is 7.88. The second-order valence-electron chi connectivity index (χ2n) is 6.70. The Morgan fingerprint density at radius 2 is 1.09 bits per heavy atom. The van der Waals surface area contributed by atoms with Crippen molar-refractivity contribution in [1.82, 2.24) is 0 Å². The molecular formula is C20H26NO. The van der Waals surface area contributed by atoms with Crippen LogP contribution >= 0.6 is 0 Å². The fraction of sp³-hybridized carbons (Fsp3) is 0.400. The minimum atomic E-state index is 0.467. The summed E-state index contributed by atoms with van der Waals surface area (Å²) in [5.74, 6) is 0.467. The summed E-state index contributed by atoms with van der Waals surface area (Å²) in [7, 11) is 0. The number of nitrogens with zero attached hydrogens (tertiary/aromatic N) is 1. The van der Waals surface area contributed by atoms with E-state index in [-0.39, 0.29) is 0 Å². The van der Waals surface area contributed by atoms with E-state index < -0.39 is 0 Å². The topological polar surface area (TPSA) is 23.1 Å². The Morgan fingerprint density at radius 3 is 1.45 bits per heavy atom. The molecule has 0 saturated carbocycles. The summed E-state index contributed by atoms with van der Waals surface area (Å²) < 4.78 is 0. The Bertz CT molecular complexity index is 655. The average molecular weight is 296 g/mol. The van der Waals surface area contributed by atoms with Crippen LogP contribution in [0.25, 0.3) is 0 Å². The maximum Gasteiger partial charge on any atom is 0.0785 e. The fourth-order valence-electron chi connectivity index (χ4n) is 3.25. The van der Waals surface area contributed by atoms with Crippen molar-refractivity contribution in [3.05, 3.63) is 57.6 Å². The van der Waals surface area contributed by atoms with Gasteiger partial charge in [-0.3, -0.25) is 0 Å². The Kier molecular flexibility index (Phi) is 4.62. The van der Waals surface area contributed by atoms with Crippen LogP contribution in [0.15, 0.2) is 24.3 Å². The average Bonchev–Trinajstić information content (AvgIpc) is 2.36. The highest BCUT2D eigenvalue weighted by Crippen LogP contribution is 2.36. The summed E-state index contributed by atoms with van der Waals surface area (Å²) in [6.45, 7) is 14.5. The Hall–Kier alpha value is -1.80. The lowest BCUT2D eigenvalue weighted by Crippen LogP contribution is -2.15. The summed E-state index contributed by atoms with van der Waals surface area (Å²) in [6, 6.07) is 8.41. The minimum Gasteiger partial charge on any atom is -0.187 e. The zero-order chi connectivity index (χ0) is 16.6. The van der Waals surface area contributed by atoms with E-state index in [2.05, 4.69) is 45.0 Å². The summed E-state index contributed by atoms with van der Waals surface area (Å²) in [4.78, 5) is 0. The van der Waals surface area contributed by atoms with Gasteiger partial charge in [0.15, 0.2) is 0 Å². The van der Waals surface area contributed by atoms with Gasteiger partial charge in [-0.05, 0) is 68.4 Å². The molecule has 0 atom stereocenters. The predicted molar refractivity (Wildman–Crippen MR) is 93.5 cm³/mol. The lowest BCUT2D eigenvalue weighted by atomic mass is 9.96. The highest BCUT2D eigenvalue weighted by Gasteiger charge is 2.19. The van der Waals surface area contributed by atoms with Crippen LogP contribution in [0.2, 0.25) is 0 Å². The Labute approximate surface area is 134 Å². The van der Waals surface area contributed by atoms with Gasteiger partial charge in [-0.25, -0.2) is 0 Å². The molecule has 2 heteroatoms. The first kappa shape index (κ1) is 16.6. The van der Waals surface area contributed by atoms with Crippen LogP contribution in [-0.2, 0) is 5.21 Å². The van der Waals surface area contributed by atoms with E-state index in [9.17, 15) is 5.21 Å². The molecular weight excluding hydrogens is 270 g/mol. The summed E-state index contributed by atoms with van der Waals surface area (Å²) in [5, 5.41) is 14.1. The van der Waals surface area contributed by atoms with Crippen molar-refractivity contribution in [1.29, 1.82) is 0 Å². The van der Waals surface area contributed by atoms with Crippen LogP contribution in [0.4, 0.5) is 11.4 Å². The third-order valence-electron chi connectivity index (χ3n) is 4.22. The molecule has 117 valence electrons. The van der Waals surface area contributed by atoms with Crippen molar-refractivity contribution in [2.24, 2.45) is 0 Å². The highest BCUT2D eigenvalue weighted by molar-refractivity contribution is 5.72. The lowest BCUT2D eigenvalue weighted by molar-refractivity contribution is 0.194. The monoisotopic (exact) mass is 296 g/mol. The Balaban J connectivity index is 2.58. The number of hydrogen-bond acceptors (Lipinski definition) is 1. The maximum atomic E-state index is 13.0. The van der Waals surface area contributed by atoms with Crippen LogP contribution in [-0.4, -0.2) is 0 Å². The lowest BCUT2D eigenvalue weighted by Gasteiger charge is -2.24. The molecule has 0 saturated heterocycles. The van der Waals surface area contributed by atoms with E-state index in [4.69, 9.17) is 0 Å². The van der Waals surface area contributed by atoms with Gasteiger partial charge in [0.05, 0.1) is 11.4 Å². The quantitative estimate of drug-likeness (QED) is 0.653. The van der Waals surface area contributed by atoms with Crippen molar-refractivity contribution in [3.63, 3.8) is 0 Å². The van der Waals surface area contributed by atoms with Crippen LogP contribution < -0.4 is 5.06 Å². The van der Waals surface area contributed by atoms with E-state index >= 15 is 0 Å². The molecule has 0 bridgehead atoms. The van der Waals surface area contributed by atoms with Gasteiger partial charge >= 0.3 is 0 Å². The molecule has 0 fully saturated rings. The molecule has 1 radical (unpaired) electrons. The zero-order valence-corrected chi connectivity index (χ0v) is 14.7. The zero-order valence-electron chi connectivity index (χ0n) is 14.7. The number of aryl methyl sites for hydroxylation is 5. The van der Waals surface area contributed by atoms with Crippen LogP contribution in [0, 0.1) is 34.6 Å². The van der Waals surface area contributed by atoms with E-state index in [0.717, 1.165) is 38.7 Å². The van der Waals surface area contributed by atoms with E-state index in [1.807, 2.05) is 27.7 Å². The van der Waals surface area contributed by atoms with Crippen molar-refractivity contribution < 1.29 is 5.21 Å². The van der Waals surface area contributed by atoms with Crippen LogP contribution in [0.3, 0.4) is 0 Å². The normalized spacial score (nSPS) is 11.1. The summed E-state index contributed by atoms with van der Waals surface area (Å²) in [6.07, 6.45) is 0. The molecule has 0 aliphatic carbocycles. The fourth-order valence-corrected chi connectivity index (χ4v) is 3.25. The first-order chi connectivity index (χ1) is 10.2. The number of anilines is 2. The van der Waals surface area contributed by atoms with Gasteiger partial charge in [-0.15, -0.1) is 0 Å². The molecule has 2 aromatic rings. The van der Waals surface area contributed by atoms with E-state index in [1.54, 1.807) is 0 Å². The van der Waals surface area contributed by atoms with Crippen molar-refractivity contribution in [2.75, 3.05) is 5.06 Å². The summed E-state index contributed by atoms with van der Waals surface area (Å²) >= 11 is 0. The molecule has 0 aliphatic heterocycles. The smallest absolute Gasteiger partial charge is 0.0785 e. The SMILES string of the molecule is Cc1cc(C)c(N([O])c2c(C)cc(C(C)C)cc2C)c(C)c1. The number of benzene rings is 2. The standard InChI is InChI=1S/C20H26NO/c1-12(2)18-10-16(6)20(17(7)11-18)21(22)19-14(4)8-13(3)9-15(19)5/h8-12H,1-7H3. The molecule has 0 amide bonds. The maximum absolute atomic E-state index is 13.0. The first-order valence-corrected chi connectivity index (χ1v) is 7.88. The van der Waals surface area contributed by atoms with Crippen molar-refractivity contribution in [3.8, 4) is 0 Å². The van der Waals surface area contributed by atoms with Crippen LogP contribution in [0.1, 0.15) is 53.1 Å². The summed E-state index contributed by atoms with van der Waals surface area (Å²) in [5.41, 5.74) is 8.16. The predicted octanol–water partition coefficient (Wildman–Crippen LogP) is 5.84. The molecule has 2 rings (SSSR count). The Morgan fingerprint density at radius 1 is 0.727 bits per heavy atom. The largest absolute Gasteiger partial charge is 0.187 e. The molecule has 22 heavy (non-hydrogen) atoms. The second kappa shape index (κ2) is 6.13. The minimum absolute atomic E-state index is 0.467. The number of hydrogen-bond donors (Lipinski definition) is 0. The van der Waals surface area contributed by atoms with E-state index in [0.29, 0.717) is 5.92 Å². The van der Waals surface area contributed by atoms with Gasteiger partial charge in [0.25, 0.3) is 0 Å². The van der Waals surface area contributed by atoms with Crippen LogP contribution in [0.5, 0.6) is 0 Å². The van der Waals surface area contributed by atoms with Gasteiger partial charge in [-0.1, -0.05) is 48.9 Å². The van der Waals surface area contributed by atoms with Gasteiger partial charge in [0.2, 0.25) is 0 Å². The van der Waals surface area contributed by atoms with Gasteiger partial charge in [-0.2, -0.15) is 5.06 Å². The second-order valence-corrected chi connectivity index (χ2v) is 6.70. The van der Waals surface area contributed by atoms with Crippen molar-refractivity contribution >= 4 is 11.4 Å². The van der Waals surface area contributed by atoms with E-state index in [1.165, 1.54) is 11.1 Å². The molecule has 0 aliphatic rings. The molecule has 0 unspecified atom stereocenters. The number of rotatable bonds is 3. The van der Waals surface area contributed by atoms with Crippen molar-refractivity contribution in [2.45, 2.75) is 54.4 Å². The molecule has 0 spiro atoms. The van der Waals surface area contributed by atoms with Gasteiger partial charge < -0.3 is 0 Å². The highest BCUT2D eigenvalue weighted by atomic mass is 16.5. The molecule has 0 heterocycles. The molecule has 2 nitrogen and oxygen atoms in total. The molecule has 2 aromatic carbocycles. The molecule has 0 aromatic heterocycles. The molecule has 0 N–H and O–H groups in total. The van der Waals surface area contributed by atoms with Gasteiger partial charge in [0.1, 0.15) is 0 Å². The van der Waals surface area contributed by atoms with Gasteiger partial charge in [0, 0.05) is 0 Å². The third-order valence-corrected chi connectivity index (χ3v) is 4.22.